The lowest BCUT2D eigenvalue weighted by Gasteiger charge is -2.09. The van der Waals surface area contributed by atoms with Crippen LogP contribution in [0.5, 0.6) is 5.75 Å². The van der Waals surface area contributed by atoms with Crippen molar-refractivity contribution in [2.75, 3.05) is 12.4 Å². The quantitative estimate of drug-likeness (QED) is 0.377. The Bertz CT molecular complexity index is 1280. The van der Waals surface area contributed by atoms with Crippen molar-refractivity contribution in [3.05, 3.63) is 83.9 Å². The van der Waals surface area contributed by atoms with Gasteiger partial charge < -0.3 is 14.6 Å². The van der Waals surface area contributed by atoms with Crippen LogP contribution in [0.4, 0.5) is 5.69 Å². The highest BCUT2D eigenvalue weighted by Crippen LogP contribution is 2.30. The number of aromatic nitrogens is 1. The van der Waals surface area contributed by atoms with Crippen LogP contribution in [0.3, 0.4) is 0 Å². The minimum atomic E-state index is -0.518. The molecular weight excluding hydrogens is 378 g/mol. The van der Waals surface area contributed by atoms with Crippen molar-refractivity contribution in [2.24, 2.45) is 0 Å². The number of nitriles is 1. The van der Waals surface area contributed by atoms with E-state index in [4.69, 9.17) is 9.26 Å². The van der Waals surface area contributed by atoms with Crippen LogP contribution in [0.15, 0.2) is 82.9 Å². The molecule has 4 rings (SSSR count). The summed E-state index contributed by atoms with van der Waals surface area (Å²) < 4.78 is 10.7. The van der Waals surface area contributed by atoms with E-state index in [0.29, 0.717) is 28.3 Å². The number of rotatable bonds is 5. The summed E-state index contributed by atoms with van der Waals surface area (Å²) in [6, 6.07) is 24.0. The first-order chi connectivity index (χ1) is 14.7. The average molecular weight is 395 g/mol. The molecule has 0 atom stereocenters. The van der Waals surface area contributed by atoms with Crippen molar-refractivity contribution in [3.8, 4) is 23.1 Å². The molecule has 1 N–H and O–H groups in total. The summed E-state index contributed by atoms with van der Waals surface area (Å²) in [4.78, 5) is 12.6. The van der Waals surface area contributed by atoms with Gasteiger partial charge in [-0.2, -0.15) is 5.26 Å². The third-order valence-corrected chi connectivity index (χ3v) is 4.57. The van der Waals surface area contributed by atoms with E-state index in [1.165, 1.54) is 13.2 Å². The van der Waals surface area contributed by atoms with Gasteiger partial charge in [-0.1, -0.05) is 53.7 Å². The number of carbonyl (C=O) groups is 1. The van der Waals surface area contributed by atoms with Gasteiger partial charge in [0.2, 0.25) is 0 Å². The zero-order valence-corrected chi connectivity index (χ0v) is 16.1. The third-order valence-electron chi connectivity index (χ3n) is 4.57. The maximum atomic E-state index is 12.6. The van der Waals surface area contributed by atoms with Crippen LogP contribution in [0.2, 0.25) is 0 Å². The van der Waals surface area contributed by atoms with Gasteiger partial charge in [0.1, 0.15) is 22.9 Å². The van der Waals surface area contributed by atoms with E-state index in [0.717, 1.165) is 10.9 Å². The van der Waals surface area contributed by atoms with E-state index in [-0.39, 0.29) is 5.57 Å². The predicted molar refractivity (Wildman–Crippen MR) is 115 cm³/mol. The minimum absolute atomic E-state index is 0.0297. The fraction of sp³-hybridized carbons (Fsp3) is 0.0417. The SMILES string of the molecule is COc1ccccc1NC(=O)/C(C#N)=C/c1ccc2noc(-c3ccccc3)c2c1. The fourth-order valence-electron chi connectivity index (χ4n) is 3.10. The van der Waals surface area contributed by atoms with Gasteiger partial charge in [0.05, 0.1) is 18.2 Å². The molecule has 0 saturated heterocycles. The summed E-state index contributed by atoms with van der Waals surface area (Å²) in [5.41, 5.74) is 2.75. The van der Waals surface area contributed by atoms with Crippen LogP contribution < -0.4 is 10.1 Å². The Labute approximate surface area is 173 Å². The van der Waals surface area contributed by atoms with Crippen LogP contribution >= 0.6 is 0 Å². The van der Waals surface area contributed by atoms with E-state index in [2.05, 4.69) is 10.5 Å². The van der Waals surface area contributed by atoms with Crippen molar-refractivity contribution in [2.45, 2.75) is 0 Å². The predicted octanol–water partition coefficient (Wildman–Crippen LogP) is 5.05. The second-order valence-corrected chi connectivity index (χ2v) is 6.48. The molecule has 146 valence electrons. The first-order valence-electron chi connectivity index (χ1n) is 9.20. The van der Waals surface area contributed by atoms with Crippen molar-refractivity contribution >= 4 is 28.6 Å². The number of carbonyl (C=O) groups excluding carboxylic acids is 1. The van der Waals surface area contributed by atoms with Crippen molar-refractivity contribution in [3.63, 3.8) is 0 Å². The van der Waals surface area contributed by atoms with Gasteiger partial charge in [-0.3, -0.25) is 4.79 Å². The average Bonchev–Trinajstić information content (AvgIpc) is 3.21. The molecule has 1 aromatic heterocycles. The van der Waals surface area contributed by atoms with Gasteiger partial charge in [0.15, 0.2) is 5.76 Å². The third kappa shape index (κ3) is 3.77. The fourth-order valence-corrected chi connectivity index (χ4v) is 3.10. The number of methoxy groups -OCH3 is 1. The van der Waals surface area contributed by atoms with Crippen LogP contribution in [0, 0.1) is 11.3 Å². The van der Waals surface area contributed by atoms with E-state index >= 15 is 0 Å². The number of benzene rings is 3. The molecule has 1 amide bonds. The Morgan fingerprint density at radius 1 is 1.10 bits per heavy atom. The van der Waals surface area contributed by atoms with Gasteiger partial charge >= 0.3 is 0 Å². The summed E-state index contributed by atoms with van der Waals surface area (Å²) >= 11 is 0. The monoisotopic (exact) mass is 395 g/mol. The van der Waals surface area contributed by atoms with Crippen molar-refractivity contribution in [1.29, 1.82) is 5.26 Å². The summed E-state index contributed by atoms with van der Waals surface area (Å²) in [5, 5.41) is 17.1. The lowest BCUT2D eigenvalue weighted by Crippen LogP contribution is -2.14. The zero-order valence-electron chi connectivity index (χ0n) is 16.1. The summed E-state index contributed by atoms with van der Waals surface area (Å²) in [5.74, 6) is 0.634. The molecular formula is C24H17N3O3. The van der Waals surface area contributed by atoms with Crippen LogP contribution in [-0.2, 0) is 4.79 Å². The summed E-state index contributed by atoms with van der Waals surface area (Å²) in [6.45, 7) is 0. The van der Waals surface area contributed by atoms with E-state index in [1.807, 2.05) is 42.5 Å². The number of hydrogen-bond donors (Lipinski definition) is 1. The van der Waals surface area contributed by atoms with Crippen molar-refractivity contribution < 1.29 is 14.1 Å². The number of amides is 1. The Morgan fingerprint density at radius 2 is 1.87 bits per heavy atom. The normalized spacial score (nSPS) is 11.1. The molecule has 6 nitrogen and oxygen atoms in total. The smallest absolute Gasteiger partial charge is 0.266 e. The highest BCUT2D eigenvalue weighted by atomic mass is 16.5. The Kier molecular flexibility index (Phi) is 5.27. The van der Waals surface area contributed by atoms with Crippen LogP contribution in [0.1, 0.15) is 5.56 Å². The zero-order chi connectivity index (χ0) is 20.9. The molecule has 0 bridgehead atoms. The first kappa shape index (κ1) is 19.0. The van der Waals surface area contributed by atoms with Gasteiger partial charge in [-0.05, 0) is 35.9 Å². The number of anilines is 1. The van der Waals surface area contributed by atoms with Crippen molar-refractivity contribution in [1.82, 2.24) is 5.16 Å². The largest absolute Gasteiger partial charge is 0.495 e. The number of ether oxygens (including phenoxy) is 1. The molecule has 0 fully saturated rings. The second-order valence-electron chi connectivity index (χ2n) is 6.48. The molecule has 0 spiro atoms. The molecule has 4 aromatic rings. The number of fused-ring (bicyclic) bond motifs is 1. The lowest BCUT2D eigenvalue weighted by atomic mass is 10.0. The Morgan fingerprint density at radius 3 is 2.63 bits per heavy atom. The molecule has 1 heterocycles. The highest BCUT2D eigenvalue weighted by molar-refractivity contribution is 6.10. The second kappa shape index (κ2) is 8.33. The van der Waals surface area contributed by atoms with Crippen LogP contribution in [0.25, 0.3) is 28.3 Å². The molecule has 0 unspecified atom stereocenters. The first-order valence-corrected chi connectivity index (χ1v) is 9.20. The van der Waals surface area contributed by atoms with Gasteiger partial charge in [-0.25, -0.2) is 0 Å². The van der Waals surface area contributed by atoms with Gasteiger partial charge in [0.25, 0.3) is 5.91 Å². The molecule has 0 aliphatic carbocycles. The maximum Gasteiger partial charge on any atom is 0.266 e. The topological polar surface area (TPSA) is 88.1 Å². The lowest BCUT2D eigenvalue weighted by molar-refractivity contribution is -0.112. The van der Waals surface area contributed by atoms with E-state index in [9.17, 15) is 10.1 Å². The molecule has 6 heteroatoms. The highest BCUT2D eigenvalue weighted by Gasteiger charge is 2.14. The minimum Gasteiger partial charge on any atom is -0.495 e. The molecule has 3 aromatic carbocycles. The standard InChI is InChI=1S/C24H17N3O3/c1-29-22-10-6-5-9-21(22)26-24(28)18(15-25)13-16-11-12-20-19(14-16)23(30-27-20)17-7-3-2-4-8-17/h2-14H,1H3,(H,26,28)/b18-13+. The molecule has 0 aliphatic heterocycles. The molecule has 0 aliphatic rings. The van der Waals surface area contributed by atoms with E-state index in [1.54, 1.807) is 36.4 Å². The Hall–Kier alpha value is -4.37. The molecule has 0 radical (unpaired) electrons. The number of nitrogens with zero attached hydrogens (tertiary/aromatic N) is 2. The maximum absolute atomic E-state index is 12.6. The van der Waals surface area contributed by atoms with E-state index < -0.39 is 5.91 Å². The van der Waals surface area contributed by atoms with Crippen LogP contribution in [-0.4, -0.2) is 18.2 Å². The number of hydrogen-bond acceptors (Lipinski definition) is 5. The van der Waals surface area contributed by atoms with Gasteiger partial charge in [-0.15, -0.1) is 0 Å². The molecule has 0 saturated carbocycles. The van der Waals surface area contributed by atoms with Gasteiger partial charge in [0, 0.05) is 5.56 Å². The molecule has 30 heavy (non-hydrogen) atoms. The number of para-hydroxylation sites is 2. The Balaban J connectivity index is 1.67. The number of nitrogens with one attached hydrogen (secondary N) is 1. The summed E-state index contributed by atoms with van der Waals surface area (Å²) in [7, 11) is 1.52. The summed E-state index contributed by atoms with van der Waals surface area (Å²) in [6.07, 6.45) is 1.53.